The van der Waals surface area contributed by atoms with Crippen molar-refractivity contribution in [1.29, 1.82) is 0 Å². The van der Waals surface area contributed by atoms with E-state index in [1.807, 2.05) is 0 Å². The highest BCUT2D eigenvalue weighted by molar-refractivity contribution is 5.77. The molecule has 0 fully saturated rings. The van der Waals surface area contributed by atoms with Crippen LogP contribution in [-0.4, -0.2) is 28.8 Å². The van der Waals surface area contributed by atoms with Gasteiger partial charge in [0, 0.05) is 7.05 Å². The summed E-state index contributed by atoms with van der Waals surface area (Å²) >= 11 is 0. The third-order valence-electron chi connectivity index (χ3n) is 1.29. The molecule has 1 N–H and O–H groups in total. The molecule has 0 unspecified atom stereocenters. The number of nitrogens with zero attached hydrogens (tertiary/aromatic N) is 1. The molecular formula is C5H10FNO2. The zero-order chi connectivity index (χ0) is 7.65. The fraction of sp³-hybridized carbons (Fsp3) is 0.800. The van der Waals surface area contributed by atoms with Crippen molar-refractivity contribution in [3.8, 4) is 0 Å². The van der Waals surface area contributed by atoms with Gasteiger partial charge < -0.3 is 5.11 Å². The summed E-state index contributed by atoms with van der Waals surface area (Å²) in [5.74, 6) is -1.17. The second-order valence-corrected chi connectivity index (χ2v) is 2.34. The number of carbonyl (C=O) groups is 1. The average molecular weight is 135 g/mol. The number of halogens is 1. The van der Waals surface area contributed by atoms with Crippen LogP contribution in [0.25, 0.3) is 0 Å². The second kappa shape index (κ2) is 2.31. The summed E-state index contributed by atoms with van der Waals surface area (Å²) in [4.78, 5) is 10.2. The lowest BCUT2D eigenvalue weighted by Crippen LogP contribution is -2.43. The molecule has 0 atom stereocenters. The molecule has 4 heteroatoms. The van der Waals surface area contributed by atoms with Gasteiger partial charge in [-0.1, -0.05) is 0 Å². The summed E-state index contributed by atoms with van der Waals surface area (Å²) in [6.45, 7) is 2.57. The van der Waals surface area contributed by atoms with E-state index in [0.29, 0.717) is 0 Å². The number of hydrogen-bond acceptors (Lipinski definition) is 2. The molecule has 0 heterocycles. The first-order valence-electron chi connectivity index (χ1n) is 2.52. The smallest absolute Gasteiger partial charge is 0.326 e. The molecule has 3 nitrogen and oxygen atoms in total. The maximum Gasteiger partial charge on any atom is 0.326 e. The van der Waals surface area contributed by atoms with Crippen molar-refractivity contribution in [2.24, 2.45) is 0 Å². The largest absolute Gasteiger partial charge is 0.480 e. The maximum atomic E-state index is 12.2. The molecule has 0 radical (unpaired) electrons. The molecule has 0 aromatic rings. The van der Waals surface area contributed by atoms with E-state index in [9.17, 15) is 9.28 Å². The van der Waals surface area contributed by atoms with Gasteiger partial charge >= 0.3 is 5.97 Å². The molecule has 9 heavy (non-hydrogen) atoms. The van der Waals surface area contributed by atoms with Crippen LogP contribution in [0.3, 0.4) is 0 Å². The van der Waals surface area contributed by atoms with Gasteiger partial charge in [-0.3, -0.25) is 4.79 Å². The van der Waals surface area contributed by atoms with Gasteiger partial charge in [0.05, 0.1) is 0 Å². The van der Waals surface area contributed by atoms with Crippen LogP contribution < -0.4 is 0 Å². The Hall–Kier alpha value is -0.640. The number of rotatable bonds is 2. The Bertz CT molecular complexity index is 122. The van der Waals surface area contributed by atoms with Gasteiger partial charge in [0.25, 0.3) is 0 Å². The number of aliphatic carboxylic acids is 1. The highest BCUT2D eigenvalue weighted by Gasteiger charge is 2.32. The standard InChI is InChI=1S/C5H10FNO2/c1-5(2,4(8)9)7(3)6/h1-3H3,(H,8,9). The quantitative estimate of drug-likeness (QED) is 0.565. The summed E-state index contributed by atoms with van der Waals surface area (Å²) in [5, 5.41) is 8.49. The number of likely N-dealkylation sites (N-methyl/N-ethyl adjacent to an activating group) is 1. The summed E-state index contributed by atoms with van der Waals surface area (Å²) in [6, 6.07) is 0. The lowest BCUT2D eigenvalue weighted by atomic mass is 10.1. The lowest BCUT2D eigenvalue weighted by Gasteiger charge is -2.22. The van der Waals surface area contributed by atoms with E-state index in [1.165, 1.54) is 13.8 Å². The second-order valence-electron chi connectivity index (χ2n) is 2.34. The predicted molar refractivity (Wildman–Crippen MR) is 30.6 cm³/mol. The van der Waals surface area contributed by atoms with Crippen molar-refractivity contribution in [1.82, 2.24) is 5.12 Å². The normalized spacial score (nSPS) is 12.1. The van der Waals surface area contributed by atoms with Gasteiger partial charge in [0.2, 0.25) is 0 Å². The van der Waals surface area contributed by atoms with Gasteiger partial charge in [-0.2, -0.15) is 0 Å². The highest BCUT2D eigenvalue weighted by atomic mass is 19.2. The van der Waals surface area contributed by atoms with Crippen LogP contribution in [0.15, 0.2) is 0 Å². The van der Waals surface area contributed by atoms with Crippen molar-refractivity contribution in [2.45, 2.75) is 19.4 Å². The Labute approximate surface area is 53.0 Å². The molecule has 0 spiro atoms. The predicted octanol–water partition coefficient (Wildman–Crippen LogP) is 0.666. The number of carboxylic acid groups (broad SMARTS) is 1. The van der Waals surface area contributed by atoms with E-state index < -0.39 is 11.5 Å². The molecule has 0 bridgehead atoms. The molecule has 0 aliphatic carbocycles. The molecule has 0 saturated heterocycles. The van der Waals surface area contributed by atoms with Crippen LogP contribution >= 0.6 is 0 Å². The lowest BCUT2D eigenvalue weighted by molar-refractivity contribution is -0.159. The molecule has 0 rings (SSSR count). The molecule has 0 aliphatic rings. The summed E-state index contributed by atoms with van der Waals surface area (Å²) in [7, 11) is 1.08. The van der Waals surface area contributed by atoms with E-state index in [-0.39, 0.29) is 5.12 Å². The van der Waals surface area contributed by atoms with Crippen LogP contribution in [-0.2, 0) is 4.79 Å². The molecule has 0 aromatic heterocycles. The summed E-state index contributed by atoms with van der Waals surface area (Å²) in [6.07, 6.45) is 0. The first kappa shape index (κ1) is 8.36. The van der Waals surface area contributed by atoms with Crippen LogP contribution in [0.2, 0.25) is 0 Å². The third kappa shape index (κ3) is 1.64. The average Bonchev–Trinajstić information content (AvgIpc) is 1.65. The minimum Gasteiger partial charge on any atom is -0.480 e. The Morgan fingerprint density at radius 3 is 2.00 bits per heavy atom. The fourth-order valence-electron chi connectivity index (χ4n) is 0.132. The molecule has 0 saturated carbocycles. The first-order chi connectivity index (χ1) is 3.89. The van der Waals surface area contributed by atoms with Crippen LogP contribution in [0.1, 0.15) is 13.8 Å². The van der Waals surface area contributed by atoms with Crippen molar-refractivity contribution >= 4 is 5.97 Å². The topological polar surface area (TPSA) is 40.5 Å². The van der Waals surface area contributed by atoms with E-state index in [4.69, 9.17) is 5.11 Å². The van der Waals surface area contributed by atoms with Crippen LogP contribution in [0, 0.1) is 0 Å². The SMILES string of the molecule is CN(F)C(C)(C)C(=O)O. The van der Waals surface area contributed by atoms with Crippen molar-refractivity contribution in [3.63, 3.8) is 0 Å². The molecule has 54 valence electrons. The van der Waals surface area contributed by atoms with Crippen LogP contribution in [0.5, 0.6) is 0 Å². The highest BCUT2D eigenvalue weighted by Crippen LogP contribution is 2.11. The Morgan fingerprint density at radius 2 is 2.00 bits per heavy atom. The maximum absolute atomic E-state index is 12.2. The Balaban J connectivity index is 4.19. The number of carboxylic acids is 1. The minimum absolute atomic E-state index is 0.162. The first-order valence-corrected chi connectivity index (χ1v) is 2.52. The Morgan fingerprint density at radius 1 is 1.67 bits per heavy atom. The third-order valence-corrected chi connectivity index (χ3v) is 1.29. The Kier molecular flexibility index (Phi) is 2.14. The molecule has 0 amide bonds. The molecule has 0 aromatic carbocycles. The zero-order valence-electron chi connectivity index (χ0n) is 5.68. The van der Waals surface area contributed by atoms with Gasteiger partial charge in [0.1, 0.15) is 5.54 Å². The van der Waals surface area contributed by atoms with Gasteiger partial charge in [0.15, 0.2) is 0 Å². The van der Waals surface area contributed by atoms with Crippen molar-refractivity contribution in [3.05, 3.63) is 0 Å². The summed E-state index contributed by atoms with van der Waals surface area (Å²) in [5.41, 5.74) is -1.42. The molecule has 0 aliphatic heterocycles. The van der Waals surface area contributed by atoms with Crippen molar-refractivity contribution < 1.29 is 14.4 Å². The fourth-order valence-corrected chi connectivity index (χ4v) is 0.132. The van der Waals surface area contributed by atoms with Crippen LogP contribution in [0.4, 0.5) is 4.48 Å². The van der Waals surface area contributed by atoms with Gasteiger partial charge in [-0.05, 0) is 13.8 Å². The molecular weight excluding hydrogens is 125 g/mol. The minimum atomic E-state index is -1.42. The summed E-state index contributed by atoms with van der Waals surface area (Å²) < 4.78 is 12.2. The van der Waals surface area contributed by atoms with E-state index in [0.717, 1.165) is 7.05 Å². The van der Waals surface area contributed by atoms with Gasteiger partial charge in [-0.15, -0.1) is 9.60 Å². The van der Waals surface area contributed by atoms with E-state index in [1.54, 1.807) is 0 Å². The van der Waals surface area contributed by atoms with Gasteiger partial charge in [-0.25, -0.2) is 0 Å². The zero-order valence-corrected chi connectivity index (χ0v) is 5.68. The number of hydrogen-bond donors (Lipinski definition) is 1. The van der Waals surface area contributed by atoms with E-state index >= 15 is 0 Å². The monoisotopic (exact) mass is 135 g/mol. The van der Waals surface area contributed by atoms with E-state index in [2.05, 4.69) is 0 Å². The van der Waals surface area contributed by atoms with Crippen molar-refractivity contribution in [2.75, 3.05) is 7.05 Å².